The Morgan fingerprint density at radius 1 is 0.294 bits per heavy atom. The topological polar surface area (TPSA) is 0 Å². The number of hydrogen-bond donors (Lipinski definition) is 0. The van der Waals surface area contributed by atoms with Gasteiger partial charge in [0.15, 0.2) is 0 Å². The lowest BCUT2D eigenvalue weighted by molar-refractivity contribution is -0.462. The molecule has 0 atom stereocenters. The minimum absolute atomic E-state index is 0.235. The van der Waals surface area contributed by atoms with Gasteiger partial charge in [-0.05, 0) is 67.4 Å². The minimum Gasteiger partial charge on any atom is -0.194 e. The van der Waals surface area contributed by atoms with Crippen LogP contribution in [-0.2, 0) is 12.1 Å². The van der Waals surface area contributed by atoms with Crippen LogP contribution in [0.15, 0.2) is 72.8 Å². The van der Waals surface area contributed by atoms with Gasteiger partial charge in [0.1, 0.15) is 0 Å². The predicted molar refractivity (Wildman–Crippen MR) is 141 cm³/mol. The molecule has 0 aliphatic rings. The van der Waals surface area contributed by atoms with E-state index in [0.717, 1.165) is 36.4 Å². The molecule has 0 bridgehead atoms. The lowest BCUT2D eigenvalue weighted by Crippen LogP contribution is -2.74. The Morgan fingerprint density at radius 2 is 0.549 bits per heavy atom. The second kappa shape index (κ2) is 10.9. The summed E-state index contributed by atoms with van der Waals surface area (Å²) < 4.78 is 286. The lowest BCUT2D eigenvalue weighted by Gasteiger charge is -2.43. The summed E-state index contributed by atoms with van der Waals surface area (Å²) in [5.41, 5.74) is -4.54. The Bertz CT molecular complexity index is 2080. The highest BCUT2D eigenvalue weighted by atomic mass is 19.4. The molecule has 0 N–H and O–H groups in total. The Morgan fingerprint density at radius 3 is 0.824 bits per heavy atom. The smallest absolute Gasteiger partial charge is 0.194 e. The summed E-state index contributed by atoms with van der Waals surface area (Å²) in [4.78, 5) is 0. The summed E-state index contributed by atoms with van der Waals surface area (Å²) in [7, 11) is 0. The number of fused-ring (bicyclic) bond motifs is 4. The van der Waals surface area contributed by atoms with E-state index in [4.69, 9.17) is 0 Å². The van der Waals surface area contributed by atoms with Crippen molar-refractivity contribution in [1.29, 1.82) is 0 Å². The van der Waals surface area contributed by atoms with Crippen LogP contribution in [-0.4, -0.2) is 41.7 Å². The second-order valence-electron chi connectivity index (χ2n) is 11.3. The van der Waals surface area contributed by atoms with E-state index in [1.165, 1.54) is 12.1 Å². The second-order valence-corrected chi connectivity index (χ2v) is 11.3. The van der Waals surface area contributed by atoms with E-state index < -0.39 is 86.5 Å². The fourth-order valence-corrected chi connectivity index (χ4v) is 5.56. The molecule has 276 valence electrons. The highest BCUT2D eigenvalue weighted by Crippen LogP contribution is 2.66. The van der Waals surface area contributed by atoms with Gasteiger partial charge >= 0.3 is 53.8 Å². The molecular weight excluding hydrogens is 752 g/mol. The molecule has 0 amide bonds. The third kappa shape index (κ3) is 4.97. The lowest BCUT2D eigenvalue weighted by atomic mass is 9.81. The SMILES string of the molecule is FC(F)(F)c1c2cc3ccccc3cc2c(C(F)(F)C(F)(F)C(F)(F)C(F)(F)C(F)(F)C(F)(F)C(F)(F)C(F)(F)F)c2cc3ccccc3cc12. The van der Waals surface area contributed by atoms with E-state index in [9.17, 15) is 70.2 Å². The molecule has 0 radical (unpaired) electrons. The molecule has 0 nitrogen and oxygen atoms in total. The van der Waals surface area contributed by atoms with Crippen molar-refractivity contribution in [3.05, 3.63) is 83.9 Å². The van der Waals surface area contributed by atoms with E-state index >= 15 is 17.6 Å². The molecule has 0 heterocycles. The summed E-state index contributed by atoms with van der Waals surface area (Å²) in [6, 6.07) is 10.2. The Hall–Kier alpha value is -4.26. The van der Waals surface area contributed by atoms with Gasteiger partial charge in [-0.3, -0.25) is 0 Å². The van der Waals surface area contributed by atoms with E-state index in [1.54, 1.807) is 0 Å². The normalized spacial score (nSPS) is 15.1. The number of alkyl halides is 20. The van der Waals surface area contributed by atoms with Crippen LogP contribution in [0.25, 0.3) is 43.1 Å². The fraction of sp³-hybridized carbons (Fsp3) is 0.290. The standard InChI is InChI=1S/C31H12F20/c32-23(33,25(37,38)26(39,40)27(41,42)28(43,44)29(45,46)30(47,48)31(49,50)51)21-17-9-13-5-1-3-7-15(13)11-19(17)22(24(34,35)36)20-12-16-8-4-2-6-14(16)10-18(20)21/h1-12H. The van der Waals surface area contributed by atoms with Crippen molar-refractivity contribution in [1.82, 2.24) is 0 Å². The van der Waals surface area contributed by atoms with Crippen molar-refractivity contribution in [3.63, 3.8) is 0 Å². The van der Waals surface area contributed by atoms with Crippen molar-refractivity contribution in [2.24, 2.45) is 0 Å². The average Bonchev–Trinajstić information content (AvgIpc) is 2.99. The highest BCUT2D eigenvalue weighted by Gasteiger charge is 2.95. The molecule has 5 aromatic carbocycles. The van der Waals surface area contributed by atoms with Gasteiger partial charge in [0, 0.05) is 5.56 Å². The summed E-state index contributed by atoms with van der Waals surface area (Å²) in [6.07, 6.45) is -13.5. The summed E-state index contributed by atoms with van der Waals surface area (Å²) in [6.45, 7) is 0. The van der Waals surface area contributed by atoms with Crippen LogP contribution in [0, 0.1) is 0 Å². The van der Waals surface area contributed by atoms with Crippen molar-refractivity contribution in [2.75, 3.05) is 0 Å². The fourth-order valence-electron chi connectivity index (χ4n) is 5.56. The van der Waals surface area contributed by atoms with E-state index in [1.807, 2.05) is 0 Å². The average molecular weight is 764 g/mol. The molecule has 0 aliphatic heterocycles. The van der Waals surface area contributed by atoms with Crippen LogP contribution < -0.4 is 0 Å². The molecular formula is C31H12F20. The van der Waals surface area contributed by atoms with Crippen molar-refractivity contribution in [3.8, 4) is 0 Å². The van der Waals surface area contributed by atoms with E-state index in [2.05, 4.69) is 0 Å². The van der Waals surface area contributed by atoms with Gasteiger partial charge in [0.2, 0.25) is 0 Å². The van der Waals surface area contributed by atoms with E-state index in [0.29, 0.717) is 12.1 Å². The number of hydrogen-bond acceptors (Lipinski definition) is 0. The van der Waals surface area contributed by atoms with Gasteiger partial charge in [-0.1, -0.05) is 48.5 Å². The third-order valence-electron chi connectivity index (χ3n) is 8.17. The largest absolute Gasteiger partial charge is 0.460 e. The summed E-state index contributed by atoms with van der Waals surface area (Å²) in [5.74, 6) is -58.7. The first-order valence-corrected chi connectivity index (χ1v) is 13.5. The van der Waals surface area contributed by atoms with Crippen molar-refractivity contribution in [2.45, 2.75) is 53.8 Å². The molecule has 5 aromatic rings. The molecule has 51 heavy (non-hydrogen) atoms. The van der Waals surface area contributed by atoms with Crippen LogP contribution in [0.4, 0.5) is 87.8 Å². The Balaban J connectivity index is 1.91. The molecule has 20 heteroatoms. The van der Waals surface area contributed by atoms with Gasteiger partial charge in [-0.25, -0.2) is 0 Å². The maximum atomic E-state index is 16.2. The molecule has 0 saturated carbocycles. The van der Waals surface area contributed by atoms with Gasteiger partial charge in [-0.15, -0.1) is 0 Å². The summed E-state index contributed by atoms with van der Waals surface area (Å²) >= 11 is 0. The van der Waals surface area contributed by atoms with Gasteiger partial charge in [0.25, 0.3) is 0 Å². The van der Waals surface area contributed by atoms with Crippen molar-refractivity contribution >= 4 is 43.1 Å². The van der Waals surface area contributed by atoms with Gasteiger partial charge in [0.05, 0.1) is 5.56 Å². The van der Waals surface area contributed by atoms with Crippen LogP contribution in [0.3, 0.4) is 0 Å². The Kier molecular flexibility index (Phi) is 8.10. The van der Waals surface area contributed by atoms with Crippen LogP contribution in [0.2, 0.25) is 0 Å². The Labute approximate surface area is 269 Å². The maximum absolute atomic E-state index is 16.2. The molecule has 0 aromatic heterocycles. The molecule has 0 aliphatic carbocycles. The number of rotatable bonds is 7. The molecule has 0 fully saturated rings. The summed E-state index contributed by atoms with van der Waals surface area (Å²) in [5, 5.41) is -7.62. The third-order valence-corrected chi connectivity index (χ3v) is 8.17. The zero-order valence-electron chi connectivity index (χ0n) is 24.0. The molecule has 0 unspecified atom stereocenters. The quantitative estimate of drug-likeness (QED) is 0.114. The maximum Gasteiger partial charge on any atom is 0.460 e. The van der Waals surface area contributed by atoms with Gasteiger partial charge < -0.3 is 0 Å². The first-order chi connectivity index (χ1) is 22.9. The first-order valence-electron chi connectivity index (χ1n) is 13.5. The molecule has 0 spiro atoms. The zero-order valence-corrected chi connectivity index (χ0v) is 24.0. The number of halogens is 20. The van der Waals surface area contributed by atoms with Crippen LogP contribution in [0.5, 0.6) is 0 Å². The van der Waals surface area contributed by atoms with E-state index in [-0.39, 0.29) is 33.7 Å². The van der Waals surface area contributed by atoms with Crippen LogP contribution >= 0.6 is 0 Å². The van der Waals surface area contributed by atoms with Crippen molar-refractivity contribution < 1.29 is 87.8 Å². The van der Waals surface area contributed by atoms with Gasteiger partial charge in [-0.2, -0.15) is 87.8 Å². The minimum atomic E-state index is -8.86. The zero-order chi connectivity index (χ0) is 38.8. The first kappa shape index (κ1) is 38.0. The van der Waals surface area contributed by atoms with Crippen LogP contribution in [0.1, 0.15) is 11.1 Å². The highest BCUT2D eigenvalue weighted by molar-refractivity contribution is 6.14. The molecule has 5 rings (SSSR count). The predicted octanol–water partition coefficient (Wildman–Crippen LogP) is 12.8. The monoisotopic (exact) mass is 764 g/mol. The molecule has 0 saturated heterocycles. The number of benzene rings is 5.